The van der Waals surface area contributed by atoms with Crippen LogP contribution in [0.2, 0.25) is 0 Å². The highest BCUT2D eigenvalue weighted by atomic mass is 16.5. The van der Waals surface area contributed by atoms with E-state index in [-0.39, 0.29) is 11.9 Å². The Morgan fingerprint density at radius 2 is 0.792 bits per heavy atom. The smallest absolute Gasteiger partial charge is 0.305 e. The number of methoxy groups -OCH3 is 1. The Morgan fingerprint density at radius 3 is 1.11 bits per heavy atom. The zero-order chi connectivity index (χ0) is 52.1. The summed E-state index contributed by atoms with van der Waals surface area (Å²) in [5.41, 5.74) is 0. The molecule has 1 aliphatic rings. The largest absolute Gasteiger partial charge is 0.465 e. The van der Waals surface area contributed by atoms with Crippen molar-refractivity contribution in [3.63, 3.8) is 0 Å². The molecule has 7 heteroatoms. The van der Waals surface area contributed by atoms with Crippen molar-refractivity contribution in [1.82, 2.24) is 9.80 Å². The lowest BCUT2D eigenvalue weighted by atomic mass is 9.91. The molecule has 0 heterocycles. The second-order valence-corrected chi connectivity index (χ2v) is 21.8. The van der Waals surface area contributed by atoms with Crippen LogP contribution in [0.5, 0.6) is 0 Å². The molecule has 1 rings (SSSR count). The zero-order valence-electron chi connectivity index (χ0n) is 48.5. The summed E-state index contributed by atoms with van der Waals surface area (Å²) in [4.78, 5) is 31.3. The van der Waals surface area contributed by atoms with Crippen molar-refractivity contribution in [2.45, 2.75) is 284 Å². The molecule has 0 atom stereocenters. The molecular weight excluding hydrogens is 889 g/mol. The van der Waals surface area contributed by atoms with Gasteiger partial charge in [-0.15, -0.1) is 0 Å². The number of hydrogen-bond acceptors (Lipinski definition) is 7. The molecule has 0 radical (unpaired) electrons. The average molecular weight is 1010 g/mol. The van der Waals surface area contributed by atoms with Gasteiger partial charge in [0, 0.05) is 45.6 Å². The van der Waals surface area contributed by atoms with Crippen molar-refractivity contribution in [2.24, 2.45) is 11.8 Å². The van der Waals surface area contributed by atoms with Crippen LogP contribution < -0.4 is 0 Å². The molecule has 0 saturated heterocycles. The number of rotatable bonds is 55. The van der Waals surface area contributed by atoms with Crippen LogP contribution in [0, 0.1) is 11.8 Å². The van der Waals surface area contributed by atoms with Gasteiger partial charge >= 0.3 is 11.9 Å². The van der Waals surface area contributed by atoms with Gasteiger partial charge in [0.25, 0.3) is 0 Å². The van der Waals surface area contributed by atoms with Crippen molar-refractivity contribution < 1.29 is 23.8 Å². The molecule has 1 aliphatic carbocycles. The highest BCUT2D eigenvalue weighted by Crippen LogP contribution is 2.25. The number of carbonyl (C=O) groups excluding carboxylic acids is 2. The Kier molecular flexibility index (Phi) is 50.5. The molecule has 72 heavy (non-hydrogen) atoms. The molecule has 1 fully saturated rings. The third-order valence-electron chi connectivity index (χ3n) is 15.0. The number of unbranched alkanes of at least 4 members (excludes halogenated alkanes) is 20. The quantitative estimate of drug-likeness (QED) is 0.0342. The first-order chi connectivity index (χ1) is 35.5. The van der Waals surface area contributed by atoms with Gasteiger partial charge in [0.05, 0.1) is 19.8 Å². The molecular formula is C65H120N2O5. The summed E-state index contributed by atoms with van der Waals surface area (Å²) < 4.78 is 17.4. The van der Waals surface area contributed by atoms with Crippen LogP contribution in [-0.2, 0) is 23.8 Å². The van der Waals surface area contributed by atoms with E-state index in [1.807, 2.05) is 7.11 Å². The molecule has 0 unspecified atom stereocenters. The summed E-state index contributed by atoms with van der Waals surface area (Å²) in [5.74, 6) is 0.860. The fourth-order valence-electron chi connectivity index (χ4n) is 9.88. The van der Waals surface area contributed by atoms with E-state index in [1.54, 1.807) is 0 Å². The number of allylic oxidation sites excluding steroid dienone is 8. The first-order valence-electron chi connectivity index (χ1n) is 31.3. The number of carbonyl (C=O) groups is 2. The van der Waals surface area contributed by atoms with Crippen molar-refractivity contribution in [2.75, 3.05) is 59.7 Å². The lowest BCUT2D eigenvalue weighted by Gasteiger charge is -2.38. The van der Waals surface area contributed by atoms with Gasteiger partial charge < -0.3 is 19.1 Å². The van der Waals surface area contributed by atoms with Crippen LogP contribution in [-0.4, -0.2) is 87.4 Å². The highest BCUT2D eigenvalue weighted by molar-refractivity contribution is 5.69. The zero-order valence-corrected chi connectivity index (χ0v) is 48.5. The van der Waals surface area contributed by atoms with E-state index in [9.17, 15) is 9.59 Å². The van der Waals surface area contributed by atoms with Gasteiger partial charge in [-0.05, 0) is 192 Å². The molecule has 420 valence electrons. The van der Waals surface area contributed by atoms with Crippen molar-refractivity contribution >= 4 is 11.9 Å². The van der Waals surface area contributed by atoms with Gasteiger partial charge in [0.1, 0.15) is 0 Å². The fraction of sp³-hybridized carbons (Fsp3) is 0.846. The van der Waals surface area contributed by atoms with Crippen molar-refractivity contribution in [3.8, 4) is 0 Å². The third kappa shape index (κ3) is 44.1. The summed E-state index contributed by atoms with van der Waals surface area (Å²) >= 11 is 0. The average Bonchev–Trinajstić information content (AvgIpc) is 3.36. The molecule has 0 aromatic heterocycles. The van der Waals surface area contributed by atoms with Gasteiger partial charge in [-0.25, -0.2) is 0 Å². The van der Waals surface area contributed by atoms with E-state index in [2.05, 4.69) is 86.1 Å². The molecule has 1 saturated carbocycles. The van der Waals surface area contributed by atoms with Crippen LogP contribution in [0.15, 0.2) is 48.6 Å². The monoisotopic (exact) mass is 1010 g/mol. The second kappa shape index (κ2) is 53.6. The van der Waals surface area contributed by atoms with Gasteiger partial charge in [-0.2, -0.15) is 0 Å². The van der Waals surface area contributed by atoms with Crippen molar-refractivity contribution in [3.05, 3.63) is 48.6 Å². The fourth-order valence-corrected chi connectivity index (χ4v) is 9.88. The minimum absolute atomic E-state index is 0.0197. The van der Waals surface area contributed by atoms with Gasteiger partial charge in [0.15, 0.2) is 0 Å². The topological polar surface area (TPSA) is 68.3 Å². The Hall–Kier alpha value is -2.22. The number of nitrogens with zero attached hydrogens (tertiary/aromatic N) is 2. The molecule has 0 bridgehead atoms. The Labute approximate surface area is 448 Å². The highest BCUT2D eigenvalue weighted by Gasteiger charge is 2.25. The summed E-state index contributed by atoms with van der Waals surface area (Å²) in [5, 5.41) is 0. The maximum atomic E-state index is 13.0. The maximum absolute atomic E-state index is 13.0. The lowest BCUT2D eigenvalue weighted by molar-refractivity contribution is -0.146. The molecule has 0 amide bonds. The van der Waals surface area contributed by atoms with Crippen molar-refractivity contribution in [1.29, 1.82) is 0 Å². The summed E-state index contributed by atoms with van der Waals surface area (Å²) in [6.45, 7) is 16.2. The summed E-state index contributed by atoms with van der Waals surface area (Å²) in [6, 6.07) is 0.696. The van der Waals surface area contributed by atoms with Gasteiger partial charge in [0.2, 0.25) is 0 Å². The molecule has 0 aliphatic heterocycles. The van der Waals surface area contributed by atoms with E-state index in [4.69, 9.17) is 14.2 Å². The number of esters is 2. The van der Waals surface area contributed by atoms with E-state index >= 15 is 0 Å². The summed E-state index contributed by atoms with van der Waals surface area (Å²) in [7, 11) is 1.81. The van der Waals surface area contributed by atoms with E-state index in [0.717, 1.165) is 129 Å². The van der Waals surface area contributed by atoms with Crippen LogP contribution >= 0.6 is 0 Å². The normalized spacial score (nSPS) is 13.5. The predicted octanol–water partition coefficient (Wildman–Crippen LogP) is 18.5. The Balaban J connectivity index is 2.61. The van der Waals surface area contributed by atoms with E-state index in [1.165, 1.54) is 148 Å². The van der Waals surface area contributed by atoms with Crippen LogP contribution in [0.1, 0.15) is 278 Å². The third-order valence-corrected chi connectivity index (χ3v) is 15.0. The minimum Gasteiger partial charge on any atom is -0.465 e. The molecule has 0 N–H and O–H groups in total. The van der Waals surface area contributed by atoms with E-state index < -0.39 is 0 Å². The minimum atomic E-state index is -0.0197. The first kappa shape index (κ1) is 67.8. The maximum Gasteiger partial charge on any atom is 0.305 e. The van der Waals surface area contributed by atoms with Gasteiger partial charge in [-0.1, -0.05) is 147 Å². The second-order valence-electron chi connectivity index (χ2n) is 21.8. The van der Waals surface area contributed by atoms with E-state index in [0.29, 0.717) is 43.9 Å². The first-order valence-corrected chi connectivity index (χ1v) is 31.3. The number of ether oxygens (including phenoxy) is 3. The van der Waals surface area contributed by atoms with Crippen LogP contribution in [0.25, 0.3) is 0 Å². The molecule has 0 spiro atoms. The van der Waals surface area contributed by atoms with Crippen LogP contribution in [0.4, 0.5) is 0 Å². The predicted molar refractivity (Wildman–Crippen MR) is 312 cm³/mol. The Bertz CT molecular complexity index is 1160. The molecule has 7 nitrogen and oxygen atoms in total. The Morgan fingerprint density at radius 1 is 0.431 bits per heavy atom. The molecule has 0 aromatic rings. The van der Waals surface area contributed by atoms with Gasteiger partial charge in [-0.3, -0.25) is 14.5 Å². The standard InChI is InChI=1S/C65H120N2O5/c1-6-10-14-18-22-26-30-36-45-61(46-37-31-27-23-19-15-11-7-2)59-71-64(68)51-40-34-42-53-66(55-56-67(57-58-70-5)63-49-44-50-63)54-43-35-41-52-65(69)72-60-62(47-38-32-28-24-20-16-12-8-3)48-39-33-29-25-21-17-13-9-4/h22-29,61-63H,6-21,30-60H2,1-5H3/b26-22-,27-23-,28-24-,29-25-. The summed E-state index contributed by atoms with van der Waals surface area (Å²) in [6.07, 6.45) is 64.0. The molecule has 0 aromatic carbocycles. The van der Waals surface area contributed by atoms with Crippen LogP contribution in [0.3, 0.4) is 0 Å². The SMILES string of the molecule is CCCCC/C=C\CCCC(CCC/C=C\CCCCC)COC(=O)CCCCCN(CCCCCC(=O)OCC(CCC/C=C\CCCCC)CCC/C=C\CCCCC)CCN(CCOC)C1CCC1. The lowest BCUT2D eigenvalue weighted by Crippen LogP contribution is -2.46. The number of hydrogen-bond donors (Lipinski definition) is 0.